The summed E-state index contributed by atoms with van der Waals surface area (Å²) in [5, 5.41) is 3.71. The fourth-order valence-corrected chi connectivity index (χ4v) is 3.83. The summed E-state index contributed by atoms with van der Waals surface area (Å²) in [6.45, 7) is 6.94. The molecule has 5 heteroatoms. The monoisotopic (exact) mass is 308 g/mol. The Balaban J connectivity index is 1.55. The molecule has 1 N–H and O–H groups in total. The normalized spacial score (nSPS) is 37.1. The SMILES string of the molecule is CO[C@H]1CN(C(=O)OC(C)(C)C)CC1NC1CC2CC=CC21. The third-order valence-electron chi connectivity index (χ3n) is 5.01. The van der Waals surface area contributed by atoms with Gasteiger partial charge < -0.3 is 19.7 Å². The topological polar surface area (TPSA) is 50.8 Å². The lowest BCUT2D eigenvalue weighted by Gasteiger charge is -2.42. The van der Waals surface area contributed by atoms with Gasteiger partial charge in [0.15, 0.2) is 0 Å². The van der Waals surface area contributed by atoms with Gasteiger partial charge in [-0.15, -0.1) is 0 Å². The van der Waals surface area contributed by atoms with Crippen molar-refractivity contribution >= 4 is 6.09 Å². The smallest absolute Gasteiger partial charge is 0.410 e. The van der Waals surface area contributed by atoms with Crippen LogP contribution in [0.4, 0.5) is 4.79 Å². The number of carbonyl (C=O) groups is 1. The fraction of sp³-hybridized carbons (Fsp3) is 0.824. The Morgan fingerprint density at radius 1 is 1.27 bits per heavy atom. The van der Waals surface area contributed by atoms with Gasteiger partial charge in [0.25, 0.3) is 0 Å². The summed E-state index contributed by atoms with van der Waals surface area (Å²) >= 11 is 0. The number of hydrogen-bond acceptors (Lipinski definition) is 4. The van der Waals surface area contributed by atoms with E-state index in [9.17, 15) is 4.79 Å². The molecule has 0 aromatic heterocycles. The largest absolute Gasteiger partial charge is 0.444 e. The maximum absolute atomic E-state index is 12.2. The number of methoxy groups -OCH3 is 1. The molecule has 0 spiro atoms. The van der Waals surface area contributed by atoms with E-state index in [2.05, 4.69) is 17.5 Å². The summed E-state index contributed by atoms with van der Waals surface area (Å²) in [5.41, 5.74) is -0.457. The highest BCUT2D eigenvalue weighted by Crippen LogP contribution is 2.43. The number of likely N-dealkylation sites (tertiary alicyclic amines) is 1. The lowest BCUT2D eigenvalue weighted by Crippen LogP contribution is -2.55. The molecule has 1 heterocycles. The lowest BCUT2D eigenvalue weighted by molar-refractivity contribution is 0.0251. The van der Waals surface area contributed by atoms with Crippen molar-refractivity contribution in [3.05, 3.63) is 12.2 Å². The zero-order chi connectivity index (χ0) is 15.9. The predicted molar refractivity (Wildman–Crippen MR) is 84.7 cm³/mol. The van der Waals surface area contributed by atoms with Crippen molar-refractivity contribution in [3.63, 3.8) is 0 Å². The van der Waals surface area contributed by atoms with Gasteiger partial charge in [0.1, 0.15) is 5.60 Å². The second-order valence-electron chi connectivity index (χ2n) is 7.78. The summed E-state index contributed by atoms with van der Waals surface area (Å²) in [6, 6.07) is 0.724. The average Bonchev–Trinajstić information content (AvgIpc) is 2.97. The third kappa shape index (κ3) is 3.15. The van der Waals surface area contributed by atoms with Crippen LogP contribution in [0.2, 0.25) is 0 Å². The number of ether oxygens (including phenoxy) is 2. The van der Waals surface area contributed by atoms with Gasteiger partial charge in [0.2, 0.25) is 0 Å². The molecule has 1 saturated carbocycles. The van der Waals surface area contributed by atoms with E-state index in [4.69, 9.17) is 9.47 Å². The molecule has 1 saturated heterocycles. The van der Waals surface area contributed by atoms with Crippen LogP contribution < -0.4 is 5.32 Å². The van der Waals surface area contributed by atoms with Crippen LogP contribution in [-0.2, 0) is 9.47 Å². The Hall–Kier alpha value is -1.07. The predicted octanol–water partition coefficient (Wildman–Crippen LogP) is 2.17. The van der Waals surface area contributed by atoms with Crippen LogP contribution in [0.3, 0.4) is 0 Å². The number of hydrogen-bond donors (Lipinski definition) is 1. The molecule has 22 heavy (non-hydrogen) atoms. The van der Waals surface area contributed by atoms with E-state index in [0.29, 0.717) is 25.0 Å². The zero-order valence-electron chi connectivity index (χ0n) is 14.0. The number of allylic oxidation sites excluding steroid dienone is 1. The van der Waals surface area contributed by atoms with Crippen LogP contribution in [0.1, 0.15) is 33.6 Å². The number of amides is 1. The van der Waals surface area contributed by atoms with E-state index >= 15 is 0 Å². The Morgan fingerprint density at radius 2 is 2.05 bits per heavy atom. The number of rotatable bonds is 3. The Bertz CT molecular complexity index is 457. The number of fused-ring (bicyclic) bond motifs is 1. The molecule has 0 aromatic rings. The van der Waals surface area contributed by atoms with E-state index < -0.39 is 5.60 Å². The van der Waals surface area contributed by atoms with Crippen molar-refractivity contribution in [2.24, 2.45) is 11.8 Å². The van der Waals surface area contributed by atoms with Crippen LogP contribution >= 0.6 is 0 Å². The van der Waals surface area contributed by atoms with Crippen molar-refractivity contribution in [2.75, 3.05) is 20.2 Å². The second kappa shape index (κ2) is 5.85. The Labute approximate surface area is 133 Å². The minimum atomic E-state index is -0.457. The second-order valence-corrected chi connectivity index (χ2v) is 7.78. The standard InChI is InChI=1S/C17H28N2O3/c1-17(2,3)22-16(20)19-9-14(15(10-19)21-4)18-13-8-11-6-5-7-12(11)13/h5,7,11-15,18H,6,8-10H2,1-4H3/t11?,12?,13?,14?,15-/m0/s1. The molecule has 0 bridgehead atoms. The summed E-state index contributed by atoms with van der Waals surface area (Å²) in [4.78, 5) is 14.0. The average molecular weight is 308 g/mol. The molecule has 5 atom stereocenters. The van der Waals surface area contributed by atoms with E-state index in [1.165, 1.54) is 12.8 Å². The van der Waals surface area contributed by atoms with E-state index in [0.717, 1.165) is 5.92 Å². The fourth-order valence-electron chi connectivity index (χ4n) is 3.83. The molecule has 0 aromatic carbocycles. The van der Waals surface area contributed by atoms with Gasteiger partial charge in [-0.3, -0.25) is 0 Å². The molecular weight excluding hydrogens is 280 g/mol. The van der Waals surface area contributed by atoms with Gasteiger partial charge in [0, 0.05) is 19.7 Å². The first-order valence-corrected chi connectivity index (χ1v) is 8.31. The van der Waals surface area contributed by atoms with Gasteiger partial charge in [-0.2, -0.15) is 0 Å². The molecule has 3 aliphatic rings. The minimum Gasteiger partial charge on any atom is -0.444 e. The van der Waals surface area contributed by atoms with E-state index in [-0.39, 0.29) is 18.2 Å². The van der Waals surface area contributed by atoms with Crippen molar-refractivity contribution in [3.8, 4) is 0 Å². The van der Waals surface area contributed by atoms with Gasteiger partial charge in [0.05, 0.1) is 18.7 Å². The van der Waals surface area contributed by atoms with Gasteiger partial charge in [-0.1, -0.05) is 12.2 Å². The first-order chi connectivity index (χ1) is 10.4. The van der Waals surface area contributed by atoms with Crippen molar-refractivity contribution in [1.82, 2.24) is 10.2 Å². The van der Waals surface area contributed by atoms with Gasteiger partial charge in [-0.25, -0.2) is 4.79 Å². The van der Waals surface area contributed by atoms with Crippen LogP contribution in [0.5, 0.6) is 0 Å². The van der Waals surface area contributed by atoms with Crippen molar-refractivity contribution in [2.45, 2.75) is 57.4 Å². The molecule has 5 nitrogen and oxygen atoms in total. The van der Waals surface area contributed by atoms with Crippen LogP contribution in [0.15, 0.2) is 12.2 Å². The minimum absolute atomic E-state index is 0.0388. The van der Waals surface area contributed by atoms with Crippen LogP contribution in [0, 0.1) is 11.8 Å². The van der Waals surface area contributed by atoms with Crippen molar-refractivity contribution in [1.29, 1.82) is 0 Å². The molecule has 3 rings (SSSR count). The maximum atomic E-state index is 12.2. The lowest BCUT2D eigenvalue weighted by atomic mass is 9.71. The highest BCUT2D eigenvalue weighted by Gasteiger charge is 2.45. The quantitative estimate of drug-likeness (QED) is 0.812. The molecule has 124 valence electrons. The van der Waals surface area contributed by atoms with E-state index in [1.807, 2.05) is 20.8 Å². The first kappa shape index (κ1) is 15.8. The zero-order valence-corrected chi connectivity index (χ0v) is 14.0. The van der Waals surface area contributed by atoms with Crippen LogP contribution in [-0.4, -0.2) is 55.0 Å². The molecule has 4 unspecified atom stereocenters. The summed E-state index contributed by atoms with van der Waals surface area (Å²) in [5.74, 6) is 1.51. The van der Waals surface area contributed by atoms with Crippen molar-refractivity contribution < 1.29 is 14.3 Å². The number of nitrogens with zero attached hydrogens (tertiary/aromatic N) is 1. The third-order valence-corrected chi connectivity index (χ3v) is 5.01. The molecule has 1 amide bonds. The summed E-state index contributed by atoms with van der Waals surface area (Å²) in [6.07, 6.45) is 6.89. The Morgan fingerprint density at radius 3 is 2.68 bits per heavy atom. The molecule has 0 radical (unpaired) electrons. The highest BCUT2D eigenvalue weighted by atomic mass is 16.6. The maximum Gasteiger partial charge on any atom is 0.410 e. The number of nitrogens with one attached hydrogen (secondary N) is 1. The molecular formula is C17H28N2O3. The van der Waals surface area contributed by atoms with E-state index in [1.54, 1.807) is 12.0 Å². The van der Waals surface area contributed by atoms with Crippen LogP contribution in [0.25, 0.3) is 0 Å². The van der Waals surface area contributed by atoms with Gasteiger partial charge in [-0.05, 0) is 45.4 Å². The molecule has 1 aliphatic heterocycles. The highest BCUT2D eigenvalue weighted by molar-refractivity contribution is 5.68. The molecule has 2 fully saturated rings. The summed E-state index contributed by atoms with van der Waals surface area (Å²) < 4.78 is 11.1. The molecule has 2 aliphatic carbocycles. The number of carbonyl (C=O) groups excluding carboxylic acids is 1. The Kier molecular flexibility index (Phi) is 4.21. The van der Waals surface area contributed by atoms with Gasteiger partial charge >= 0.3 is 6.09 Å². The first-order valence-electron chi connectivity index (χ1n) is 8.31. The summed E-state index contributed by atoms with van der Waals surface area (Å²) in [7, 11) is 1.72.